The number of anilines is 1. The Bertz CT molecular complexity index is 1160. The van der Waals surface area contributed by atoms with Crippen LogP contribution in [0.4, 0.5) is 5.00 Å². The molecule has 1 saturated carbocycles. The monoisotopic (exact) mass is 500 g/mol. The normalized spacial score (nSPS) is 13.0. The highest BCUT2D eigenvalue weighted by molar-refractivity contribution is 7.17. The predicted molar refractivity (Wildman–Crippen MR) is 153 cm³/mol. The van der Waals surface area contributed by atoms with E-state index in [1.165, 1.54) is 46.3 Å². The van der Waals surface area contributed by atoms with Crippen molar-refractivity contribution >= 4 is 28.7 Å². The van der Waals surface area contributed by atoms with Crippen LogP contribution in [-0.4, -0.2) is 20.4 Å². The van der Waals surface area contributed by atoms with Crippen LogP contribution >= 0.6 is 11.3 Å². The molecule has 2 aromatic carbocycles. The minimum atomic E-state index is 0.435. The van der Waals surface area contributed by atoms with Crippen LogP contribution in [0.25, 0.3) is 6.08 Å². The summed E-state index contributed by atoms with van der Waals surface area (Å²) < 4.78 is 5.77. The van der Waals surface area contributed by atoms with Gasteiger partial charge in [-0.3, -0.25) is 4.79 Å². The fraction of sp³-hybridized carbons (Fsp3) is 0.258. The molecule has 1 aliphatic rings. The molecule has 4 nitrogen and oxygen atoms in total. The van der Waals surface area contributed by atoms with E-state index >= 15 is 0 Å². The first-order valence-corrected chi connectivity index (χ1v) is 13.1. The largest absolute Gasteiger partial charge is 0.489 e. The Morgan fingerprint density at radius 2 is 1.72 bits per heavy atom. The van der Waals surface area contributed by atoms with Gasteiger partial charge in [0.25, 0.3) is 0 Å². The topological polar surface area (TPSA) is 41.6 Å². The number of benzene rings is 2. The first kappa shape index (κ1) is 27.2. The van der Waals surface area contributed by atoms with Crippen molar-refractivity contribution in [1.82, 2.24) is 5.32 Å². The van der Waals surface area contributed by atoms with Crippen molar-refractivity contribution in [3.05, 3.63) is 118 Å². The van der Waals surface area contributed by atoms with Gasteiger partial charge in [-0.05, 0) is 68.1 Å². The third-order valence-electron chi connectivity index (χ3n) is 5.79. The van der Waals surface area contributed by atoms with Crippen molar-refractivity contribution < 1.29 is 9.53 Å². The van der Waals surface area contributed by atoms with E-state index in [4.69, 9.17) is 4.74 Å². The number of rotatable bonds is 10. The molecule has 0 atom stereocenters. The second kappa shape index (κ2) is 14.9. The number of hydrogen-bond acceptors (Lipinski definition) is 5. The average Bonchev–Trinajstić information content (AvgIpc) is 3.25. The third kappa shape index (κ3) is 8.99. The molecule has 0 amide bonds. The summed E-state index contributed by atoms with van der Waals surface area (Å²) in [6.45, 7) is 3.55. The molecule has 0 aliphatic heterocycles. The molecule has 0 unspecified atom stereocenters. The molecule has 1 aliphatic carbocycles. The number of nitrogens with one attached hydrogen (secondary N) is 1. The first-order valence-electron chi connectivity index (χ1n) is 12.3. The number of hydrogen-bond donors (Lipinski definition) is 1. The lowest BCUT2D eigenvalue weighted by Gasteiger charge is -2.15. The van der Waals surface area contributed by atoms with Crippen molar-refractivity contribution in [1.29, 1.82) is 0 Å². The van der Waals surface area contributed by atoms with Gasteiger partial charge in [0, 0.05) is 30.7 Å². The minimum Gasteiger partial charge on any atom is -0.489 e. The van der Waals surface area contributed by atoms with Crippen LogP contribution in [-0.2, 0) is 22.7 Å². The number of aryl methyl sites for hydroxylation is 1. The van der Waals surface area contributed by atoms with E-state index < -0.39 is 0 Å². The highest BCUT2D eigenvalue weighted by Crippen LogP contribution is 2.35. The number of carbonyl (C=O) groups excluding carboxylic acids is 1. The second-order valence-electron chi connectivity index (χ2n) is 8.71. The molecule has 36 heavy (non-hydrogen) atoms. The Morgan fingerprint density at radius 3 is 2.31 bits per heavy atom. The molecule has 1 heterocycles. The van der Waals surface area contributed by atoms with Crippen LogP contribution in [0.5, 0.6) is 0 Å². The van der Waals surface area contributed by atoms with E-state index in [1.807, 2.05) is 74.9 Å². The lowest BCUT2D eigenvalue weighted by molar-refractivity contribution is -0.104. The number of allylic oxidation sites excluding steroid dienone is 3. The molecule has 0 spiro atoms. The van der Waals surface area contributed by atoms with Crippen molar-refractivity contribution in [2.75, 3.05) is 19.0 Å². The van der Waals surface area contributed by atoms with Gasteiger partial charge in [-0.15, -0.1) is 11.3 Å². The molecule has 0 radical (unpaired) electrons. The average molecular weight is 501 g/mol. The molecule has 1 aromatic heterocycles. The van der Waals surface area contributed by atoms with Gasteiger partial charge in [0.2, 0.25) is 0 Å². The zero-order chi connectivity index (χ0) is 25.6. The SMILES string of the molecule is CNCc1ccccc1.Cc1cc(N(C)/C=C\C(=C/C=O)OCc2ccccc2)sc1C=C1CCC1. The molecule has 0 saturated heterocycles. The zero-order valence-electron chi connectivity index (χ0n) is 21.4. The van der Waals surface area contributed by atoms with E-state index in [-0.39, 0.29) is 0 Å². The van der Waals surface area contributed by atoms with Crippen LogP contribution in [0.15, 0.2) is 96.4 Å². The maximum absolute atomic E-state index is 10.9. The fourth-order valence-corrected chi connectivity index (χ4v) is 4.64. The molecule has 188 valence electrons. The Hall–Kier alpha value is -3.41. The summed E-state index contributed by atoms with van der Waals surface area (Å²) in [7, 11) is 3.96. The summed E-state index contributed by atoms with van der Waals surface area (Å²) in [5.41, 5.74) is 5.26. The zero-order valence-corrected chi connectivity index (χ0v) is 22.3. The van der Waals surface area contributed by atoms with Gasteiger partial charge in [-0.1, -0.05) is 66.2 Å². The Balaban J connectivity index is 0.000000338. The van der Waals surface area contributed by atoms with Crippen LogP contribution in [0.2, 0.25) is 0 Å². The summed E-state index contributed by atoms with van der Waals surface area (Å²) in [4.78, 5) is 14.3. The van der Waals surface area contributed by atoms with Crippen LogP contribution in [0.3, 0.4) is 0 Å². The lowest BCUT2D eigenvalue weighted by Crippen LogP contribution is -2.06. The van der Waals surface area contributed by atoms with Gasteiger partial charge in [0.1, 0.15) is 18.7 Å². The molecular formula is C31H36N2O2S. The quantitative estimate of drug-likeness (QED) is 0.137. The van der Waals surface area contributed by atoms with Gasteiger partial charge in [-0.2, -0.15) is 0 Å². The summed E-state index contributed by atoms with van der Waals surface area (Å²) in [5.74, 6) is 0.547. The van der Waals surface area contributed by atoms with E-state index in [9.17, 15) is 4.79 Å². The number of thiophene rings is 1. The second-order valence-corrected chi connectivity index (χ2v) is 9.77. The Labute approximate surface area is 219 Å². The van der Waals surface area contributed by atoms with Crippen LogP contribution < -0.4 is 10.2 Å². The summed E-state index contributed by atoms with van der Waals surface area (Å²) in [6, 6.07) is 22.5. The Morgan fingerprint density at radius 1 is 1.06 bits per heavy atom. The van der Waals surface area contributed by atoms with Crippen LogP contribution in [0.1, 0.15) is 40.8 Å². The molecule has 0 bridgehead atoms. The molecule has 4 rings (SSSR count). The summed E-state index contributed by atoms with van der Waals surface area (Å²) in [6.07, 6.45) is 12.1. The predicted octanol–water partition coefficient (Wildman–Crippen LogP) is 7.28. The van der Waals surface area contributed by atoms with Gasteiger partial charge in [0.05, 0.1) is 5.00 Å². The van der Waals surface area contributed by atoms with E-state index in [1.54, 1.807) is 16.9 Å². The standard InChI is InChI=1S/C23H25NO2S.C8H11N/c1-18-15-23(27-22(18)16-19-9-6-10-19)24(2)13-11-21(12-14-25)26-17-20-7-4-3-5-8-20;1-9-7-8-5-3-2-4-6-8/h3-5,7-8,11-16H,6,9-10,17H2,1-2H3;2-6,9H,7H2,1H3/b13-11-,21-12+;. The molecule has 1 fully saturated rings. The van der Waals surface area contributed by atoms with Crippen molar-refractivity contribution in [2.45, 2.75) is 39.3 Å². The highest BCUT2D eigenvalue weighted by Gasteiger charge is 2.11. The van der Waals surface area contributed by atoms with Crippen molar-refractivity contribution in [2.24, 2.45) is 0 Å². The number of aldehydes is 1. The highest BCUT2D eigenvalue weighted by atomic mass is 32.1. The molecule has 1 N–H and O–H groups in total. The van der Waals surface area contributed by atoms with Gasteiger partial charge < -0.3 is 15.0 Å². The van der Waals surface area contributed by atoms with E-state index in [2.05, 4.69) is 41.4 Å². The smallest absolute Gasteiger partial charge is 0.146 e. The van der Waals surface area contributed by atoms with Crippen molar-refractivity contribution in [3.63, 3.8) is 0 Å². The van der Waals surface area contributed by atoms with Crippen molar-refractivity contribution in [3.8, 4) is 0 Å². The molecular weight excluding hydrogens is 464 g/mol. The molecule has 3 aromatic rings. The van der Waals surface area contributed by atoms with Gasteiger partial charge in [0.15, 0.2) is 0 Å². The molecule has 5 heteroatoms. The van der Waals surface area contributed by atoms with E-state index in [0.717, 1.165) is 18.4 Å². The summed E-state index contributed by atoms with van der Waals surface area (Å²) in [5, 5.41) is 4.25. The number of carbonyl (C=O) groups is 1. The third-order valence-corrected chi connectivity index (χ3v) is 7.06. The number of nitrogens with zero attached hydrogens (tertiary/aromatic N) is 1. The maximum Gasteiger partial charge on any atom is 0.146 e. The maximum atomic E-state index is 10.9. The van der Waals surface area contributed by atoms with E-state index in [0.29, 0.717) is 12.4 Å². The minimum absolute atomic E-state index is 0.435. The fourth-order valence-electron chi connectivity index (χ4n) is 3.53. The number of ether oxygens (including phenoxy) is 1. The Kier molecular flexibility index (Phi) is 11.2. The van der Waals surface area contributed by atoms with Gasteiger partial charge >= 0.3 is 0 Å². The lowest BCUT2D eigenvalue weighted by atomic mass is 9.92. The summed E-state index contributed by atoms with van der Waals surface area (Å²) >= 11 is 1.79. The van der Waals surface area contributed by atoms with Crippen LogP contribution in [0, 0.1) is 6.92 Å². The van der Waals surface area contributed by atoms with Gasteiger partial charge in [-0.25, -0.2) is 0 Å². The first-order chi connectivity index (χ1) is 17.6.